The molecule has 0 saturated carbocycles. The first-order valence-electron chi connectivity index (χ1n) is 11.7. The van der Waals surface area contributed by atoms with E-state index in [9.17, 15) is 31.2 Å². The van der Waals surface area contributed by atoms with Crippen molar-refractivity contribution in [1.82, 2.24) is 10.2 Å². The Balaban J connectivity index is 2.46. The number of anilines is 1. The molecule has 0 aliphatic carbocycles. The van der Waals surface area contributed by atoms with Crippen LogP contribution in [0.1, 0.15) is 37.8 Å². The standard InChI is InChI=1S/C25H31ClF3N3O4S/c1-4-14-30-24(34)21(5-2)31(15-13-18-9-7-6-8-10-18)23(33)17-32(37(3,35)36)22-16-19(25(27,28)29)11-12-20(22)26/h6-12,16,21H,4-5,13-15,17H2,1-3H3,(H,30,34). The number of halogens is 4. The van der Waals surface area contributed by atoms with E-state index in [0.717, 1.165) is 24.0 Å². The Bertz CT molecular complexity index is 1180. The lowest BCUT2D eigenvalue weighted by atomic mass is 10.1. The highest BCUT2D eigenvalue weighted by molar-refractivity contribution is 7.92. The van der Waals surface area contributed by atoms with Crippen molar-refractivity contribution < 1.29 is 31.2 Å². The van der Waals surface area contributed by atoms with Crippen LogP contribution in [0.5, 0.6) is 0 Å². The zero-order valence-electron chi connectivity index (χ0n) is 20.9. The molecule has 0 spiro atoms. The fraction of sp³-hybridized carbons (Fsp3) is 0.440. The van der Waals surface area contributed by atoms with Gasteiger partial charge in [0.15, 0.2) is 0 Å². The van der Waals surface area contributed by atoms with E-state index in [0.29, 0.717) is 29.8 Å². The van der Waals surface area contributed by atoms with E-state index in [1.165, 1.54) is 4.90 Å². The van der Waals surface area contributed by atoms with Gasteiger partial charge < -0.3 is 10.2 Å². The molecule has 0 aliphatic heterocycles. The van der Waals surface area contributed by atoms with Crippen LogP contribution in [0.2, 0.25) is 5.02 Å². The highest BCUT2D eigenvalue weighted by atomic mass is 35.5. The molecule has 2 aromatic carbocycles. The first kappa shape index (κ1) is 30.4. The molecule has 37 heavy (non-hydrogen) atoms. The largest absolute Gasteiger partial charge is 0.416 e. The molecule has 1 N–H and O–H groups in total. The van der Waals surface area contributed by atoms with Crippen molar-refractivity contribution in [2.75, 3.05) is 30.2 Å². The predicted molar refractivity (Wildman–Crippen MR) is 138 cm³/mol. The van der Waals surface area contributed by atoms with Gasteiger partial charge in [0.1, 0.15) is 12.6 Å². The van der Waals surface area contributed by atoms with Crippen molar-refractivity contribution in [2.45, 2.75) is 45.3 Å². The molecule has 2 rings (SSSR count). The normalized spacial score (nSPS) is 12.6. The van der Waals surface area contributed by atoms with Gasteiger partial charge in [0.2, 0.25) is 21.8 Å². The number of hydrogen-bond donors (Lipinski definition) is 1. The molecular formula is C25H31ClF3N3O4S. The molecule has 0 bridgehead atoms. The summed E-state index contributed by atoms with van der Waals surface area (Å²) in [6.07, 6.45) is -2.67. The molecule has 0 saturated heterocycles. The Morgan fingerprint density at radius 1 is 1.08 bits per heavy atom. The fourth-order valence-corrected chi connectivity index (χ4v) is 4.86. The number of amides is 2. The monoisotopic (exact) mass is 561 g/mol. The Morgan fingerprint density at radius 2 is 1.73 bits per heavy atom. The minimum absolute atomic E-state index is 0.0921. The van der Waals surface area contributed by atoms with Gasteiger partial charge in [0, 0.05) is 13.1 Å². The van der Waals surface area contributed by atoms with Crippen LogP contribution in [0.3, 0.4) is 0 Å². The van der Waals surface area contributed by atoms with E-state index in [1.54, 1.807) is 6.92 Å². The third kappa shape index (κ3) is 8.63. The second-order valence-electron chi connectivity index (χ2n) is 8.47. The smallest absolute Gasteiger partial charge is 0.354 e. The lowest BCUT2D eigenvalue weighted by molar-refractivity contribution is -0.139. The van der Waals surface area contributed by atoms with Crippen molar-refractivity contribution >= 4 is 39.1 Å². The number of carbonyl (C=O) groups excluding carboxylic acids is 2. The summed E-state index contributed by atoms with van der Waals surface area (Å²) >= 11 is 6.09. The van der Waals surface area contributed by atoms with Crippen molar-refractivity contribution in [3.63, 3.8) is 0 Å². The van der Waals surface area contributed by atoms with Crippen LogP contribution in [-0.2, 0) is 32.2 Å². The molecule has 7 nitrogen and oxygen atoms in total. The maximum atomic E-state index is 13.5. The quantitative estimate of drug-likeness (QED) is 0.413. The van der Waals surface area contributed by atoms with Crippen LogP contribution in [-0.4, -0.2) is 57.1 Å². The Morgan fingerprint density at radius 3 is 2.27 bits per heavy atom. The van der Waals surface area contributed by atoms with Crippen molar-refractivity contribution in [3.05, 3.63) is 64.7 Å². The van der Waals surface area contributed by atoms with Crippen LogP contribution in [0, 0.1) is 0 Å². The Kier molecular flexibility index (Phi) is 10.8. The maximum absolute atomic E-state index is 13.5. The summed E-state index contributed by atoms with van der Waals surface area (Å²) in [5.74, 6) is -1.14. The van der Waals surface area contributed by atoms with Gasteiger partial charge in [-0.3, -0.25) is 13.9 Å². The zero-order chi connectivity index (χ0) is 27.8. The van der Waals surface area contributed by atoms with Gasteiger partial charge in [-0.25, -0.2) is 8.42 Å². The number of carbonyl (C=O) groups is 2. The van der Waals surface area contributed by atoms with Gasteiger partial charge in [-0.15, -0.1) is 0 Å². The zero-order valence-corrected chi connectivity index (χ0v) is 22.5. The molecular weight excluding hydrogens is 531 g/mol. The second-order valence-corrected chi connectivity index (χ2v) is 10.8. The topological polar surface area (TPSA) is 86.8 Å². The summed E-state index contributed by atoms with van der Waals surface area (Å²) in [6, 6.07) is 10.5. The average Bonchev–Trinajstić information content (AvgIpc) is 2.83. The van der Waals surface area contributed by atoms with E-state index < -0.39 is 51.9 Å². The third-order valence-electron chi connectivity index (χ3n) is 5.64. The summed E-state index contributed by atoms with van der Waals surface area (Å²) in [6.45, 7) is 3.26. The van der Waals surface area contributed by atoms with Crippen molar-refractivity contribution in [1.29, 1.82) is 0 Å². The van der Waals surface area contributed by atoms with Crippen LogP contribution in [0.25, 0.3) is 0 Å². The number of nitrogens with zero attached hydrogens (tertiary/aromatic N) is 2. The number of hydrogen-bond acceptors (Lipinski definition) is 4. The number of sulfonamides is 1. The van der Waals surface area contributed by atoms with Crippen LogP contribution in [0.4, 0.5) is 18.9 Å². The second kappa shape index (κ2) is 13.1. The lowest BCUT2D eigenvalue weighted by Crippen LogP contribution is -2.53. The summed E-state index contributed by atoms with van der Waals surface area (Å²) < 4.78 is 65.8. The number of nitrogens with one attached hydrogen (secondary N) is 1. The predicted octanol–water partition coefficient (Wildman–Crippen LogP) is 4.50. The molecule has 204 valence electrons. The minimum Gasteiger partial charge on any atom is -0.354 e. The average molecular weight is 562 g/mol. The first-order valence-corrected chi connectivity index (χ1v) is 14.0. The van der Waals surface area contributed by atoms with Crippen molar-refractivity contribution in [2.24, 2.45) is 0 Å². The molecule has 0 fully saturated rings. The van der Waals surface area contributed by atoms with Crippen LogP contribution >= 0.6 is 11.6 Å². The molecule has 0 radical (unpaired) electrons. The number of alkyl halides is 3. The van der Waals surface area contributed by atoms with E-state index in [-0.39, 0.29) is 18.0 Å². The fourth-order valence-electron chi connectivity index (χ4n) is 3.74. The van der Waals surface area contributed by atoms with E-state index in [2.05, 4.69) is 5.32 Å². The van der Waals surface area contributed by atoms with E-state index in [1.807, 2.05) is 37.3 Å². The molecule has 0 heterocycles. The van der Waals surface area contributed by atoms with Crippen LogP contribution < -0.4 is 9.62 Å². The molecule has 1 unspecified atom stereocenters. The number of benzene rings is 2. The minimum atomic E-state index is -4.75. The summed E-state index contributed by atoms with van der Waals surface area (Å²) in [5, 5.41) is 2.49. The molecule has 0 aliphatic rings. The van der Waals surface area contributed by atoms with E-state index in [4.69, 9.17) is 11.6 Å². The lowest BCUT2D eigenvalue weighted by Gasteiger charge is -2.33. The van der Waals surface area contributed by atoms with Gasteiger partial charge in [-0.05, 0) is 43.0 Å². The molecule has 2 amide bonds. The molecule has 1 atom stereocenters. The SMILES string of the molecule is CCCNC(=O)C(CC)N(CCc1ccccc1)C(=O)CN(c1cc(C(F)(F)F)ccc1Cl)S(C)(=O)=O. The van der Waals surface area contributed by atoms with Gasteiger partial charge >= 0.3 is 6.18 Å². The Labute approximate surface area is 220 Å². The summed E-state index contributed by atoms with van der Waals surface area (Å²) in [5.41, 5.74) is -0.692. The summed E-state index contributed by atoms with van der Waals surface area (Å²) in [7, 11) is -4.23. The molecule has 12 heteroatoms. The molecule has 0 aromatic heterocycles. The third-order valence-corrected chi connectivity index (χ3v) is 7.09. The van der Waals surface area contributed by atoms with Crippen LogP contribution in [0.15, 0.2) is 48.5 Å². The van der Waals surface area contributed by atoms with Gasteiger partial charge in [0.05, 0.1) is 22.5 Å². The van der Waals surface area contributed by atoms with Gasteiger partial charge in [0.25, 0.3) is 0 Å². The van der Waals surface area contributed by atoms with E-state index >= 15 is 0 Å². The Hall–Kier alpha value is -2.79. The van der Waals surface area contributed by atoms with Crippen molar-refractivity contribution in [3.8, 4) is 0 Å². The highest BCUT2D eigenvalue weighted by Crippen LogP contribution is 2.36. The number of rotatable bonds is 12. The first-order chi connectivity index (χ1) is 17.3. The highest BCUT2D eigenvalue weighted by Gasteiger charge is 2.35. The van der Waals surface area contributed by atoms with Gasteiger partial charge in [-0.1, -0.05) is 55.8 Å². The summed E-state index contributed by atoms with van der Waals surface area (Å²) in [4.78, 5) is 27.7. The molecule has 2 aromatic rings. The maximum Gasteiger partial charge on any atom is 0.416 e. The van der Waals surface area contributed by atoms with Gasteiger partial charge in [-0.2, -0.15) is 13.2 Å².